The molecule has 0 aliphatic rings. The molecule has 0 aromatic heterocycles. The summed E-state index contributed by atoms with van der Waals surface area (Å²) in [4.78, 5) is 12.9. The van der Waals surface area contributed by atoms with E-state index < -0.39 is 57.2 Å². The molecule has 0 amide bonds. The van der Waals surface area contributed by atoms with Crippen molar-refractivity contribution in [2.24, 2.45) is 0 Å². The number of carbonyl (C=O) groups is 1. The average Bonchev–Trinajstić information content (AvgIpc) is 2.56. The zero-order valence-electron chi connectivity index (χ0n) is 18.3. The molecule has 0 bridgehead atoms. The van der Waals surface area contributed by atoms with E-state index in [0.717, 1.165) is 0 Å². The number of ether oxygens (including phenoxy) is 1. The lowest BCUT2D eigenvalue weighted by Crippen LogP contribution is -2.63. The van der Waals surface area contributed by atoms with Crippen LogP contribution in [0.2, 0.25) is 0 Å². The van der Waals surface area contributed by atoms with Crippen molar-refractivity contribution >= 4 is 16.1 Å². The normalized spacial score (nSPS) is 13.9. The lowest BCUT2D eigenvalue weighted by Gasteiger charge is -2.37. The fourth-order valence-electron chi connectivity index (χ4n) is 3.12. The Morgan fingerprint density at radius 2 is 1.25 bits per heavy atom. The van der Waals surface area contributed by atoms with E-state index in [1.54, 1.807) is 27.7 Å². The molecular weight excluding hydrogens is 466 g/mol. The first kappa shape index (κ1) is 28.2. The van der Waals surface area contributed by atoms with Gasteiger partial charge >= 0.3 is 23.9 Å². The molecule has 5 nitrogen and oxygen atoms in total. The molecular formula is C20H25F6O5S-. The second-order valence-corrected chi connectivity index (χ2v) is 9.86. The van der Waals surface area contributed by atoms with Crippen LogP contribution in [0, 0.1) is 0 Å². The molecule has 0 unspecified atom stereocenters. The largest absolute Gasteiger partial charge is 0.748 e. The van der Waals surface area contributed by atoms with Crippen LogP contribution in [0.15, 0.2) is 12.1 Å². The van der Waals surface area contributed by atoms with Gasteiger partial charge in [-0.1, -0.05) is 53.7 Å². The van der Waals surface area contributed by atoms with Crippen molar-refractivity contribution in [3.8, 4) is 0 Å². The summed E-state index contributed by atoms with van der Waals surface area (Å²) >= 11 is 0. The highest BCUT2D eigenvalue weighted by molar-refractivity contribution is 7.85. The van der Waals surface area contributed by atoms with Crippen LogP contribution in [0.1, 0.15) is 86.3 Å². The van der Waals surface area contributed by atoms with Crippen LogP contribution < -0.4 is 0 Å². The summed E-state index contributed by atoms with van der Waals surface area (Å²) < 4.78 is 118. The van der Waals surface area contributed by atoms with Crippen LogP contribution in [0.5, 0.6) is 0 Å². The van der Waals surface area contributed by atoms with E-state index in [1.165, 1.54) is 12.1 Å². The molecule has 0 heterocycles. The summed E-state index contributed by atoms with van der Waals surface area (Å²) in [5.41, 5.74) is -5.03. The number of halogens is 6. The van der Waals surface area contributed by atoms with E-state index in [0.29, 0.717) is 5.56 Å². The fourth-order valence-corrected chi connectivity index (χ4v) is 4.00. The Morgan fingerprint density at radius 3 is 1.50 bits per heavy atom. The summed E-state index contributed by atoms with van der Waals surface area (Å²) in [7, 11) is -6.11. The van der Waals surface area contributed by atoms with Crippen molar-refractivity contribution in [3.63, 3.8) is 0 Å². The van der Waals surface area contributed by atoms with Crippen LogP contribution in [-0.4, -0.2) is 42.6 Å². The molecule has 0 aliphatic carbocycles. The van der Waals surface area contributed by atoms with E-state index in [2.05, 4.69) is 4.74 Å². The number of carbonyl (C=O) groups excluding carboxylic acids is 1. The highest BCUT2D eigenvalue weighted by atomic mass is 32.2. The van der Waals surface area contributed by atoms with Gasteiger partial charge in [0.2, 0.25) is 0 Å². The molecule has 0 N–H and O–H groups in total. The zero-order valence-corrected chi connectivity index (χ0v) is 19.1. The smallest absolute Gasteiger partial charge is 0.438 e. The number of alkyl halides is 6. The number of benzene rings is 1. The van der Waals surface area contributed by atoms with E-state index in [1.807, 2.05) is 13.8 Å². The highest BCUT2D eigenvalue weighted by Crippen LogP contribution is 2.47. The lowest BCUT2D eigenvalue weighted by molar-refractivity contribution is -0.356. The first-order chi connectivity index (χ1) is 14.1. The van der Waals surface area contributed by atoms with E-state index >= 15 is 0 Å². The van der Waals surface area contributed by atoms with Crippen molar-refractivity contribution in [2.45, 2.75) is 77.2 Å². The summed E-state index contributed by atoms with van der Waals surface area (Å²) in [6, 6.07) is 2.98. The molecule has 0 saturated heterocycles. The molecule has 32 heavy (non-hydrogen) atoms. The number of rotatable bonds is 7. The quantitative estimate of drug-likeness (QED) is 0.281. The summed E-state index contributed by atoms with van der Waals surface area (Å²) in [6.45, 7) is 9.98. The molecule has 1 aromatic rings. The second kappa shape index (κ2) is 9.20. The fraction of sp³-hybridized carbons (Fsp3) is 0.650. The third kappa shape index (κ3) is 5.94. The minimum Gasteiger partial charge on any atom is -0.748 e. The number of hydrogen-bond donors (Lipinski definition) is 0. The molecule has 0 saturated carbocycles. The summed E-state index contributed by atoms with van der Waals surface area (Å²) in [5.74, 6) is -6.10. The first-order valence-corrected chi connectivity index (χ1v) is 11.2. The lowest BCUT2D eigenvalue weighted by atomic mass is 9.84. The van der Waals surface area contributed by atoms with Crippen LogP contribution in [-0.2, 0) is 14.9 Å². The van der Waals surface area contributed by atoms with E-state index in [4.69, 9.17) is 0 Å². The van der Waals surface area contributed by atoms with Gasteiger partial charge in [-0.3, -0.25) is 0 Å². The number of esters is 1. The molecule has 12 heteroatoms. The minimum absolute atomic E-state index is 0.0647. The van der Waals surface area contributed by atoms with Crippen molar-refractivity contribution in [1.82, 2.24) is 0 Å². The molecule has 184 valence electrons. The van der Waals surface area contributed by atoms with E-state index in [9.17, 15) is 44.1 Å². The Kier molecular flexibility index (Phi) is 8.11. The maximum atomic E-state index is 13.6. The molecule has 1 aromatic carbocycles. The third-order valence-electron chi connectivity index (χ3n) is 4.90. The van der Waals surface area contributed by atoms with Crippen molar-refractivity contribution in [2.75, 3.05) is 5.75 Å². The Hall–Kier alpha value is -1.82. The Bertz CT molecular complexity index is 903. The first-order valence-electron chi connectivity index (χ1n) is 9.62. The average molecular weight is 491 g/mol. The monoisotopic (exact) mass is 491 g/mol. The maximum absolute atomic E-state index is 13.6. The second-order valence-electron chi connectivity index (χ2n) is 8.45. The van der Waals surface area contributed by atoms with Crippen LogP contribution in [0.4, 0.5) is 26.3 Å². The third-order valence-corrected chi connectivity index (χ3v) is 5.66. The number of hydrogen-bond acceptors (Lipinski definition) is 5. The Balaban J connectivity index is 3.89. The summed E-state index contributed by atoms with van der Waals surface area (Å²) in [6.07, 6.45) is -12.8. The molecule has 0 spiro atoms. The van der Waals surface area contributed by atoms with Crippen LogP contribution in [0.3, 0.4) is 0 Å². The van der Waals surface area contributed by atoms with Gasteiger partial charge in [0.1, 0.15) is 0 Å². The Morgan fingerprint density at radius 1 is 0.875 bits per heavy atom. The molecule has 0 atom stereocenters. The van der Waals surface area contributed by atoms with Crippen LogP contribution >= 0.6 is 0 Å². The van der Waals surface area contributed by atoms with Crippen LogP contribution in [0.25, 0.3) is 0 Å². The molecule has 0 aliphatic heterocycles. The maximum Gasteiger partial charge on any atom is 0.438 e. The van der Waals surface area contributed by atoms with Gasteiger partial charge < -0.3 is 9.29 Å². The van der Waals surface area contributed by atoms with Gasteiger partial charge in [0.05, 0.1) is 21.4 Å². The standard InChI is InChI=1S/C20H26F6O5S/c1-10(2)13-7-14(11(3)4)16(15(8-13)12(5)6)17(27)31-18(19(21,22)23,20(24,25)26)9-32(28,29)30/h7-8,10-12H,9H2,1-6H3,(H,28,29,30)/p-1. The van der Waals surface area contributed by atoms with Gasteiger partial charge in [-0.2, -0.15) is 26.3 Å². The molecule has 0 radical (unpaired) electrons. The Labute approximate surface area is 182 Å². The van der Waals surface area contributed by atoms with Crippen molar-refractivity contribution < 1.29 is 48.8 Å². The van der Waals surface area contributed by atoms with Crippen molar-refractivity contribution in [1.29, 1.82) is 0 Å². The SMILES string of the molecule is CC(C)c1cc(C(C)C)c(C(=O)OC(CS(=O)(=O)[O-])(C(F)(F)F)C(F)(F)F)c(C(C)C)c1. The predicted molar refractivity (Wildman–Crippen MR) is 104 cm³/mol. The van der Waals surface area contributed by atoms with Gasteiger partial charge in [-0.15, -0.1) is 0 Å². The van der Waals surface area contributed by atoms with Gasteiger partial charge in [-0.05, 0) is 34.4 Å². The van der Waals surface area contributed by atoms with Gasteiger partial charge in [0, 0.05) is 0 Å². The van der Waals surface area contributed by atoms with Gasteiger partial charge in [-0.25, -0.2) is 13.2 Å². The van der Waals surface area contributed by atoms with E-state index in [-0.39, 0.29) is 17.0 Å². The summed E-state index contributed by atoms with van der Waals surface area (Å²) in [5, 5.41) is 0. The van der Waals surface area contributed by atoms with Gasteiger partial charge in [0.15, 0.2) is 0 Å². The predicted octanol–water partition coefficient (Wildman–Crippen LogP) is 5.62. The zero-order chi connectivity index (χ0) is 25.4. The minimum atomic E-state index is -6.42. The molecule has 1 rings (SSSR count). The van der Waals surface area contributed by atoms with Crippen molar-refractivity contribution in [3.05, 3.63) is 34.4 Å². The highest BCUT2D eigenvalue weighted by Gasteiger charge is 2.75. The van der Waals surface area contributed by atoms with Gasteiger partial charge in [0.25, 0.3) is 0 Å². The topological polar surface area (TPSA) is 83.5 Å². The molecule has 0 fully saturated rings.